The lowest BCUT2D eigenvalue weighted by Gasteiger charge is -2.35. The molecule has 5 heteroatoms. The summed E-state index contributed by atoms with van der Waals surface area (Å²) in [5.41, 5.74) is 4.25. The molecule has 5 nitrogen and oxygen atoms in total. The number of hydrogen-bond donors (Lipinski definition) is 1. The highest BCUT2D eigenvalue weighted by Gasteiger charge is 2.32. The average Bonchev–Trinajstić information content (AvgIpc) is 3.17. The second kappa shape index (κ2) is 8.13. The first-order chi connectivity index (χ1) is 14.3. The Morgan fingerprint density at radius 3 is 2.27 bits per heavy atom. The first-order valence-corrected chi connectivity index (χ1v) is 10.9. The van der Waals surface area contributed by atoms with Crippen LogP contribution in [0.25, 0.3) is 0 Å². The largest absolute Gasteiger partial charge is 0.342 e. The van der Waals surface area contributed by atoms with Gasteiger partial charge < -0.3 is 15.1 Å². The number of fused-ring (bicyclic) bond motifs is 1. The van der Waals surface area contributed by atoms with Crippen LogP contribution in [-0.4, -0.2) is 36.3 Å². The van der Waals surface area contributed by atoms with E-state index in [1.54, 1.807) is 0 Å². The summed E-state index contributed by atoms with van der Waals surface area (Å²) in [4.78, 5) is 29.4. The quantitative estimate of drug-likeness (QED) is 0.812. The van der Waals surface area contributed by atoms with Gasteiger partial charge in [-0.3, -0.25) is 9.59 Å². The number of rotatable bonds is 3. The zero-order chi connectivity index (χ0) is 21.3. The second-order valence-electron chi connectivity index (χ2n) is 9.38. The van der Waals surface area contributed by atoms with Crippen molar-refractivity contribution in [1.82, 2.24) is 4.90 Å². The molecule has 0 saturated carbocycles. The van der Waals surface area contributed by atoms with Crippen LogP contribution in [0.5, 0.6) is 0 Å². The molecule has 2 aliphatic heterocycles. The molecule has 1 N–H and O–H groups in total. The molecule has 0 radical (unpaired) electrons. The highest BCUT2D eigenvalue weighted by molar-refractivity contribution is 5.93. The molecule has 0 aliphatic carbocycles. The predicted octanol–water partition coefficient (Wildman–Crippen LogP) is 4.60. The summed E-state index contributed by atoms with van der Waals surface area (Å²) < 4.78 is 0. The molecule has 2 amide bonds. The van der Waals surface area contributed by atoms with Gasteiger partial charge in [0.05, 0.1) is 0 Å². The fraction of sp³-hybridized carbons (Fsp3) is 0.440. The molecule has 0 aromatic heterocycles. The van der Waals surface area contributed by atoms with Crippen molar-refractivity contribution in [3.63, 3.8) is 0 Å². The van der Waals surface area contributed by atoms with E-state index in [-0.39, 0.29) is 23.1 Å². The molecular formula is C25H31N3O2. The zero-order valence-corrected chi connectivity index (χ0v) is 18.1. The highest BCUT2D eigenvalue weighted by atomic mass is 16.2. The monoisotopic (exact) mass is 405 g/mol. The Balaban J connectivity index is 1.33. The molecule has 0 spiro atoms. The van der Waals surface area contributed by atoms with Gasteiger partial charge in [-0.05, 0) is 55.2 Å². The van der Waals surface area contributed by atoms with Crippen molar-refractivity contribution >= 4 is 28.9 Å². The molecule has 1 saturated heterocycles. The van der Waals surface area contributed by atoms with Gasteiger partial charge in [0, 0.05) is 48.0 Å². The number of piperidine rings is 1. The lowest BCUT2D eigenvalue weighted by atomic mass is 9.90. The first-order valence-electron chi connectivity index (χ1n) is 10.9. The Labute approximate surface area is 179 Å². The van der Waals surface area contributed by atoms with Crippen LogP contribution in [0, 0.1) is 11.3 Å². The van der Waals surface area contributed by atoms with Gasteiger partial charge in [0.1, 0.15) is 0 Å². The van der Waals surface area contributed by atoms with E-state index >= 15 is 0 Å². The number of anilines is 3. The normalized spacial score (nSPS) is 17.0. The number of hydrogen-bond acceptors (Lipinski definition) is 3. The number of carbonyl (C=O) groups excluding carboxylic acids is 2. The predicted molar refractivity (Wildman–Crippen MR) is 121 cm³/mol. The number of amides is 2. The van der Waals surface area contributed by atoms with E-state index in [0.29, 0.717) is 13.1 Å². The average molecular weight is 406 g/mol. The van der Waals surface area contributed by atoms with Gasteiger partial charge in [-0.25, -0.2) is 0 Å². The van der Waals surface area contributed by atoms with Crippen molar-refractivity contribution < 1.29 is 9.59 Å². The van der Waals surface area contributed by atoms with Crippen LogP contribution in [0.3, 0.4) is 0 Å². The van der Waals surface area contributed by atoms with E-state index in [0.717, 1.165) is 37.2 Å². The zero-order valence-electron chi connectivity index (χ0n) is 18.1. The third-order valence-electron chi connectivity index (χ3n) is 6.13. The second-order valence-corrected chi connectivity index (χ2v) is 9.38. The molecule has 0 unspecified atom stereocenters. The maximum absolute atomic E-state index is 12.7. The lowest BCUT2D eigenvalue weighted by Crippen LogP contribution is -2.45. The minimum Gasteiger partial charge on any atom is -0.342 e. The van der Waals surface area contributed by atoms with Gasteiger partial charge >= 0.3 is 0 Å². The SMILES string of the molecule is CC(C)(C)C(=O)N1CCC(C(=O)Nc2ccc(N3CCc4ccccc43)cc2)CC1. The summed E-state index contributed by atoms with van der Waals surface area (Å²) in [6.07, 6.45) is 2.50. The Morgan fingerprint density at radius 1 is 0.933 bits per heavy atom. The van der Waals surface area contributed by atoms with E-state index in [1.165, 1.54) is 11.3 Å². The number of nitrogens with one attached hydrogen (secondary N) is 1. The van der Waals surface area contributed by atoms with Crippen molar-refractivity contribution in [2.75, 3.05) is 29.9 Å². The smallest absolute Gasteiger partial charge is 0.227 e. The van der Waals surface area contributed by atoms with Crippen molar-refractivity contribution in [3.05, 3.63) is 54.1 Å². The van der Waals surface area contributed by atoms with Gasteiger partial charge in [-0.1, -0.05) is 39.0 Å². The fourth-order valence-corrected chi connectivity index (χ4v) is 4.39. The number of carbonyl (C=O) groups is 2. The molecule has 1 fully saturated rings. The molecular weight excluding hydrogens is 374 g/mol. The van der Waals surface area contributed by atoms with Crippen LogP contribution < -0.4 is 10.2 Å². The van der Waals surface area contributed by atoms with Gasteiger partial charge in [-0.15, -0.1) is 0 Å². The van der Waals surface area contributed by atoms with Gasteiger partial charge in [0.2, 0.25) is 11.8 Å². The molecule has 4 rings (SSSR count). The number of nitrogens with zero attached hydrogens (tertiary/aromatic N) is 2. The van der Waals surface area contributed by atoms with Crippen LogP contribution in [0.2, 0.25) is 0 Å². The molecule has 2 aliphatic rings. The molecule has 0 atom stereocenters. The van der Waals surface area contributed by atoms with Crippen molar-refractivity contribution in [2.45, 2.75) is 40.0 Å². The molecule has 158 valence electrons. The maximum atomic E-state index is 12.7. The van der Waals surface area contributed by atoms with Crippen LogP contribution in [-0.2, 0) is 16.0 Å². The standard InChI is InChI=1S/C25H31N3O2/c1-25(2,3)24(30)27-15-12-19(13-16-27)23(29)26-20-8-10-21(11-9-20)28-17-14-18-6-4-5-7-22(18)28/h4-11,19H,12-17H2,1-3H3,(H,26,29). The molecule has 30 heavy (non-hydrogen) atoms. The van der Waals surface area contributed by atoms with Crippen LogP contribution in [0.1, 0.15) is 39.2 Å². The first kappa shape index (κ1) is 20.5. The Morgan fingerprint density at radius 2 is 1.60 bits per heavy atom. The Bertz CT molecular complexity index is 922. The minimum absolute atomic E-state index is 0.0425. The summed E-state index contributed by atoms with van der Waals surface area (Å²) in [6.45, 7) is 8.12. The molecule has 2 aromatic rings. The summed E-state index contributed by atoms with van der Waals surface area (Å²) in [5.74, 6) is 0.178. The summed E-state index contributed by atoms with van der Waals surface area (Å²) in [6, 6.07) is 16.6. The van der Waals surface area contributed by atoms with E-state index < -0.39 is 0 Å². The number of para-hydroxylation sites is 1. The van der Waals surface area contributed by atoms with Crippen LogP contribution in [0.4, 0.5) is 17.1 Å². The number of likely N-dealkylation sites (tertiary alicyclic amines) is 1. The fourth-order valence-electron chi connectivity index (χ4n) is 4.39. The van der Waals surface area contributed by atoms with Crippen molar-refractivity contribution in [2.24, 2.45) is 11.3 Å². The van der Waals surface area contributed by atoms with Crippen molar-refractivity contribution in [3.8, 4) is 0 Å². The molecule has 2 heterocycles. The topological polar surface area (TPSA) is 52.7 Å². The third kappa shape index (κ3) is 4.20. The Kier molecular flexibility index (Phi) is 5.54. The molecule has 0 bridgehead atoms. The van der Waals surface area contributed by atoms with E-state index in [9.17, 15) is 9.59 Å². The highest BCUT2D eigenvalue weighted by Crippen LogP contribution is 2.34. The summed E-state index contributed by atoms with van der Waals surface area (Å²) in [7, 11) is 0. The maximum Gasteiger partial charge on any atom is 0.227 e. The molecule has 2 aromatic carbocycles. The summed E-state index contributed by atoms with van der Waals surface area (Å²) >= 11 is 0. The van der Waals surface area contributed by atoms with E-state index in [2.05, 4.69) is 46.6 Å². The van der Waals surface area contributed by atoms with Gasteiger partial charge in [0.25, 0.3) is 0 Å². The van der Waals surface area contributed by atoms with Crippen LogP contribution in [0.15, 0.2) is 48.5 Å². The van der Waals surface area contributed by atoms with Gasteiger partial charge in [-0.2, -0.15) is 0 Å². The lowest BCUT2D eigenvalue weighted by molar-refractivity contribution is -0.142. The third-order valence-corrected chi connectivity index (χ3v) is 6.13. The van der Waals surface area contributed by atoms with Crippen molar-refractivity contribution in [1.29, 1.82) is 0 Å². The Hall–Kier alpha value is -2.82. The van der Waals surface area contributed by atoms with E-state index in [1.807, 2.05) is 37.8 Å². The summed E-state index contributed by atoms with van der Waals surface area (Å²) in [5, 5.41) is 3.06. The minimum atomic E-state index is -0.368. The van der Waals surface area contributed by atoms with Crippen LogP contribution >= 0.6 is 0 Å². The van der Waals surface area contributed by atoms with Gasteiger partial charge in [0.15, 0.2) is 0 Å². The number of benzene rings is 2. The van der Waals surface area contributed by atoms with E-state index in [4.69, 9.17) is 0 Å².